The zero-order valence-corrected chi connectivity index (χ0v) is 11.7. The molecular weight excluding hydrogens is 262 g/mol. The van der Waals surface area contributed by atoms with E-state index >= 15 is 0 Å². The summed E-state index contributed by atoms with van der Waals surface area (Å²) < 4.78 is 1.19. The van der Waals surface area contributed by atoms with Crippen LogP contribution in [0.1, 0.15) is 38.7 Å². The van der Waals surface area contributed by atoms with Crippen molar-refractivity contribution in [1.29, 1.82) is 0 Å². The standard InChI is InChI=1S/C14H20BrN/c1-3-11(2)16-10-14(7-8-14)12-5-4-6-13(15)9-12/h4-6,9,11,16H,3,7-8,10H2,1-2H3. The summed E-state index contributed by atoms with van der Waals surface area (Å²) in [6, 6.07) is 9.40. The largest absolute Gasteiger partial charge is 0.313 e. The molecule has 16 heavy (non-hydrogen) atoms. The van der Waals surface area contributed by atoms with Gasteiger partial charge in [0.15, 0.2) is 0 Å². The lowest BCUT2D eigenvalue weighted by atomic mass is 9.95. The maximum absolute atomic E-state index is 3.64. The van der Waals surface area contributed by atoms with Crippen molar-refractivity contribution in [2.24, 2.45) is 0 Å². The summed E-state index contributed by atoms with van der Waals surface area (Å²) >= 11 is 3.56. The van der Waals surface area contributed by atoms with E-state index in [1.807, 2.05) is 0 Å². The van der Waals surface area contributed by atoms with Crippen LogP contribution in [0.3, 0.4) is 0 Å². The van der Waals surface area contributed by atoms with Crippen molar-refractivity contribution in [2.45, 2.75) is 44.6 Å². The van der Waals surface area contributed by atoms with Gasteiger partial charge in [0.25, 0.3) is 0 Å². The highest BCUT2D eigenvalue weighted by atomic mass is 79.9. The number of nitrogens with one attached hydrogen (secondary N) is 1. The van der Waals surface area contributed by atoms with Gasteiger partial charge in [-0.15, -0.1) is 0 Å². The van der Waals surface area contributed by atoms with Crippen LogP contribution in [0.15, 0.2) is 28.7 Å². The minimum atomic E-state index is 0.424. The smallest absolute Gasteiger partial charge is 0.0178 e. The van der Waals surface area contributed by atoms with E-state index in [0.29, 0.717) is 11.5 Å². The predicted molar refractivity (Wildman–Crippen MR) is 72.8 cm³/mol. The molecule has 1 N–H and O–H groups in total. The molecule has 1 aromatic carbocycles. The van der Waals surface area contributed by atoms with Crippen molar-refractivity contribution in [2.75, 3.05) is 6.54 Å². The third-order valence-corrected chi connectivity index (χ3v) is 4.19. The zero-order valence-electron chi connectivity index (χ0n) is 10.1. The van der Waals surface area contributed by atoms with Crippen molar-refractivity contribution >= 4 is 15.9 Å². The van der Waals surface area contributed by atoms with E-state index in [4.69, 9.17) is 0 Å². The normalized spacial score (nSPS) is 19.4. The van der Waals surface area contributed by atoms with Crippen molar-refractivity contribution < 1.29 is 0 Å². The molecule has 1 aromatic rings. The second-order valence-electron chi connectivity index (χ2n) is 4.98. The SMILES string of the molecule is CCC(C)NCC1(c2cccc(Br)c2)CC1. The van der Waals surface area contributed by atoms with Crippen LogP contribution in [-0.4, -0.2) is 12.6 Å². The Balaban J connectivity index is 2.03. The number of benzene rings is 1. The molecule has 1 nitrogen and oxygen atoms in total. The van der Waals surface area contributed by atoms with Crippen molar-refractivity contribution in [3.05, 3.63) is 34.3 Å². The van der Waals surface area contributed by atoms with Gasteiger partial charge in [0.05, 0.1) is 0 Å². The molecule has 0 spiro atoms. The first-order valence-corrected chi connectivity index (χ1v) is 6.95. The Hall–Kier alpha value is -0.340. The molecule has 1 saturated carbocycles. The molecule has 1 aliphatic rings. The van der Waals surface area contributed by atoms with Crippen LogP contribution in [0, 0.1) is 0 Å². The van der Waals surface area contributed by atoms with Gasteiger partial charge in [-0.2, -0.15) is 0 Å². The fourth-order valence-corrected chi connectivity index (χ4v) is 2.45. The van der Waals surface area contributed by atoms with Gasteiger partial charge in [0, 0.05) is 22.5 Å². The summed E-state index contributed by atoms with van der Waals surface area (Å²) in [4.78, 5) is 0. The van der Waals surface area contributed by atoms with E-state index in [-0.39, 0.29) is 0 Å². The second-order valence-corrected chi connectivity index (χ2v) is 5.90. The molecule has 88 valence electrons. The maximum Gasteiger partial charge on any atom is 0.0178 e. The Kier molecular flexibility index (Phi) is 3.70. The Labute approximate surface area is 107 Å². The Morgan fingerprint density at radius 2 is 2.19 bits per heavy atom. The van der Waals surface area contributed by atoms with Gasteiger partial charge in [-0.3, -0.25) is 0 Å². The molecule has 1 fully saturated rings. The van der Waals surface area contributed by atoms with Crippen LogP contribution in [0.25, 0.3) is 0 Å². The maximum atomic E-state index is 3.64. The second kappa shape index (κ2) is 4.89. The van der Waals surface area contributed by atoms with E-state index in [9.17, 15) is 0 Å². The van der Waals surface area contributed by atoms with E-state index in [1.165, 1.54) is 29.3 Å². The topological polar surface area (TPSA) is 12.0 Å². The number of rotatable bonds is 5. The predicted octanol–water partition coefficient (Wildman–Crippen LogP) is 3.87. The first-order chi connectivity index (χ1) is 7.66. The highest BCUT2D eigenvalue weighted by Crippen LogP contribution is 2.48. The van der Waals surface area contributed by atoms with Crippen LogP contribution in [-0.2, 0) is 5.41 Å². The average molecular weight is 282 g/mol. The number of halogens is 1. The molecule has 0 radical (unpaired) electrons. The monoisotopic (exact) mass is 281 g/mol. The Morgan fingerprint density at radius 3 is 2.75 bits per heavy atom. The fraction of sp³-hybridized carbons (Fsp3) is 0.571. The molecule has 0 saturated heterocycles. The van der Waals surface area contributed by atoms with Crippen molar-refractivity contribution in [3.8, 4) is 0 Å². The molecule has 0 heterocycles. The molecule has 0 aliphatic heterocycles. The summed E-state index contributed by atoms with van der Waals surface area (Å²) in [5.41, 5.74) is 1.91. The van der Waals surface area contributed by atoms with Gasteiger partial charge in [-0.05, 0) is 43.9 Å². The van der Waals surface area contributed by atoms with Gasteiger partial charge in [0.2, 0.25) is 0 Å². The van der Waals surface area contributed by atoms with E-state index in [0.717, 1.165) is 6.54 Å². The number of hydrogen-bond acceptors (Lipinski definition) is 1. The lowest BCUT2D eigenvalue weighted by molar-refractivity contribution is 0.487. The highest BCUT2D eigenvalue weighted by molar-refractivity contribution is 9.10. The molecule has 2 rings (SSSR count). The van der Waals surface area contributed by atoms with Gasteiger partial charge in [-0.25, -0.2) is 0 Å². The first kappa shape index (κ1) is 12.1. The van der Waals surface area contributed by atoms with Gasteiger partial charge < -0.3 is 5.32 Å². The summed E-state index contributed by atoms with van der Waals surface area (Å²) in [5, 5.41) is 3.64. The molecule has 2 heteroatoms. The molecule has 0 bridgehead atoms. The Morgan fingerprint density at radius 1 is 1.44 bits per heavy atom. The first-order valence-electron chi connectivity index (χ1n) is 6.16. The third-order valence-electron chi connectivity index (χ3n) is 3.69. The lowest BCUT2D eigenvalue weighted by Crippen LogP contribution is -2.33. The summed E-state index contributed by atoms with van der Waals surface area (Å²) in [5.74, 6) is 0. The molecular formula is C14H20BrN. The molecule has 0 aromatic heterocycles. The lowest BCUT2D eigenvalue weighted by Gasteiger charge is -2.20. The van der Waals surface area contributed by atoms with Crippen LogP contribution >= 0.6 is 15.9 Å². The quantitative estimate of drug-likeness (QED) is 0.864. The third kappa shape index (κ3) is 2.67. The van der Waals surface area contributed by atoms with Crippen LogP contribution in [0.4, 0.5) is 0 Å². The van der Waals surface area contributed by atoms with E-state index < -0.39 is 0 Å². The van der Waals surface area contributed by atoms with Gasteiger partial charge in [0.1, 0.15) is 0 Å². The molecule has 1 aliphatic carbocycles. The highest BCUT2D eigenvalue weighted by Gasteiger charge is 2.43. The van der Waals surface area contributed by atoms with Crippen molar-refractivity contribution in [3.63, 3.8) is 0 Å². The summed E-state index contributed by atoms with van der Waals surface area (Å²) in [7, 11) is 0. The van der Waals surface area contributed by atoms with Crippen LogP contribution < -0.4 is 5.32 Å². The van der Waals surface area contributed by atoms with Crippen LogP contribution in [0.5, 0.6) is 0 Å². The van der Waals surface area contributed by atoms with Gasteiger partial charge >= 0.3 is 0 Å². The average Bonchev–Trinajstić information content (AvgIpc) is 3.07. The summed E-state index contributed by atoms with van der Waals surface area (Å²) in [6.07, 6.45) is 3.86. The molecule has 1 atom stereocenters. The Bertz CT molecular complexity index is 358. The summed E-state index contributed by atoms with van der Waals surface area (Å²) in [6.45, 7) is 5.62. The zero-order chi connectivity index (χ0) is 11.6. The minimum Gasteiger partial charge on any atom is -0.313 e. The fourth-order valence-electron chi connectivity index (χ4n) is 2.05. The molecule has 1 unspecified atom stereocenters. The van der Waals surface area contributed by atoms with E-state index in [2.05, 4.69) is 59.4 Å². The van der Waals surface area contributed by atoms with Crippen LogP contribution in [0.2, 0.25) is 0 Å². The van der Waals surface area contributed by atoms with Crippen molar-refractivity contribution in [1.82, 2.24) is 5.32 Å². The van der Waals surface area contributed by atoms with Gasteiger partial charge in [-0.1, -0.05) is 35.0 Å². The van der Waals surface area contributed by atoms with E-state index in [1.54, 1.807) is 0 Å². The molecule has 0 amide bonds. The minimum absolute atomic E-state index is 0.424. The number of hydrogen-bond donors (Lipinski definition) is 1.